The third kappa shape index (κ3) is 3.02. The molecule has 4 heteroatoms. The molecular weight excluding hydrogens is 250 g/mol. The second-order valence-electron chi connectivity index (χ2n) is 5.74. The maximum absolute atomic E-state index is 10.3. The molecule has 108 valence electrons. The largest absolute Gasteiger partial charge is 0.396 e. The van der Waals surface area contributed by atoms with E-state index in [4.69, 9.17) is 5.73 Å². The Hall–Kier alpha value is -1.81. The second-order valence-corrected chi connectivity index (χ2v) is 5.74. The van der Waals surface area contributed by atoms with Crippen LogP contribution < -0.4 is 11.1 Å². The zero-order chi connectivity index (χ0) is 14.8. The Morgan fingerprint density at radius 2 is 2.05 bits per heavy atom. The van der Waals surface area contributed by atoms with Gasteiger partial charge in [0, 0.05) is 5.39 Å². The number of aliphatic hydroxyl groups is 1. The number of pyridine rings is 1. The third-order valence-corrected chi connectivity index (χ3v) is 3.55. The average Bonchev–Trinajstić information content (AvgIpc) is 2.40. The van der Waals surface area contributed by atoms with Crippen LogP contribution in [0.1, 0.15) is 33.6 Å². The van der Waals surface area contributed by atoms with E-state index in [0.29, 0.717) is 5.69 Å². The Morgan fingerprint density at radius 1 is 1.35 bits per heavy atom. The van der Waals surface area contributed by atoms with E-state index in [0.717, 1.165) is 29.4 Å². The van der Waals surface area contributed by atoms with Crippen molar-refractivity contribution in [3.8, 4) is 0 Å². The van der Waals surface area contributed by atoms with Crippen molar-refractivity contribution in [3.05, 3.63) is 30.5 Å². The molecule has 1 aromatic heterocycles. The van der Waals surface area contributed by atoms with Crippen LogP contribution in [0.5, 0.6) is 0 Å². The van der Waals surface area contributed by atoms with Gasteiger partial charge in [-0.1, -0.05) is 31.5 Å². The predicted octanol–water partition coefficient (Wildman–Crippen LogP) is 3.17. The van der Waals surface area contributed by atoms with Crippen LogP contribution in [-0.2, 0) is 0 Å². The minimum absolute atomic E-state index is 0.0550. The summed E-state index contributed by atoms with van der Waals surface area (Å²) in [5, 5.41) is 14.7. The fourth-order valence-corrected chi connectivity index (χ4v) is 2.38. The fraction of sp³-hybridized carbons (Fsp3) is 0.438. The summed E-state index contributed by atoms with van der Waals surface area (Å²) >= 11 is 0. The van der Waals surface area contributed by atoms with Gasteiger partial charge in [0.1, 0.15) is 0 Å². The van der Waals surface area contributed by atoms with Crippen LogP contribution in [0.3, 0.4) is 0 Å². The molecule has 4 N–H and O–H groups in total. The number of nitrogens with one attached hydrogen (secondary N) is 1. The van der Waals surface area contributed by atoms with Gasteiger partial charge in [-0.3, -0.25) is 4.98 Å². The summed E-state index contributed by atoms with van der Waals surface area (Å²) in [5.74, 6) is 0. The molecule has 1 atom stereocenters. The lowest BCUT2D eigenvalue weighted by molar-refractivity contribution is 0.0562. The molecule has 4 nitrogen and oxygen atoms in total. The van der Waals surface area contributed by atoms with Gasteiger partial charge in [-0.2, -0.15) is 0 Å². The first-order valence-corrected chi connectivity index (χ1v) is 7.05. The first-order chi connectivity index (χ1) is 9.43. The molecule has 1 aromatic carbocycles. The number of nitrogens with two attached hydrogens (primary N) is 1. The zero-order valence-corrected chi connectivity index (χ0v) is 12.4. The number of benzene rings is 1. The van der Waals surface area contributed by atoms with Crippen molar-refractivity contribution in [1.82, 2.24) is 4.98 Å². The van der Waals surface area contributed by atoms with Gasteiger partial charge < -0.3 is 16.2 Å². The maximum atomic E-state index is 10.3. The lowest BCUT2D eigenvalue weighted by atomic mass is 9.94. The fourth-order valence-electron chi connectivity index (χ4n) is 2.38. The van der Waals surface area contributed by atoms with E-state index in [1.54, 1.807) is 6.20 Å². The molecule has 0 bridgehead atoms. The van der Waals surface area contributed by atoms with Gasteiger partial charge in [0.05, 0.1) is 34.7 Å². The highest BCUT2D eigenvalue weighted by molar-refractivity contribution is 5.97. The number of fused-ring (bicyclic) bond motifs is 1. The van der Waals surface area contributed by atoms with E-state index < -0.39 is 5.60 Å². The van der Waals surface area contributed by atoms with Crippen molar-refractivity contribution >= 4 is 22.3 Å². The molecule has 2 aromatic rings. The Labute approximate surface area is 120 Å². The topological polar surface area (TPSA) is 71.2 Å². The molecule has 0 aliphatic carbocycles. The van der Waals surface area contributed by atoms with Crippen molar-refractivity contribution in [3.63, 3.8) is 0 Å². The number of nitrogen functional groups attached to an aromatic ring is 1. The highest BCUT2D eigenvalue weighted by Crippen LogP contribution is 2.30. The summed E-state index contributed by atoms with van der Waals surface area (Å²) in [7, 11) is 0. The van der Waals surface area contributed by atoms with Crippen LogP contribution in [-0.4, -0.2) is 21.7 Å². The molecule has 0 saturated heterocycles. The Morgan fingerprint density at radius 3 is 2.70 bits per heavy atom. The van der Waals surface area contributed by atoms with Crippen molar-refractivity contribution in [1.29, 1.82) is 0 Å². The molecule has 2 rings (SSSR count). The van der Waals surface area contributed by atoms with Gasteiger partial charge in [0.2, 0.25) is 0 Å². The molecule has 0 spiro atoms. The van der Waals surface area contributed by atoms with Crippen molar-refractivity contribution in [2.24, 2.45) is 0 Å². The molecular formula is C16H23N3O. The van der Waals surface area contributed by atoms with Crippen LogP contribution in [0.25, 0.3) is 10.9 Å². The molecule has 0 radical (unpaired) electrons. The number of aromatic nitrogens is 1. The molecule has 0 unspecified atom stereocenters. The van der Waals surface area contributed by atoms with Gasteiger partial charge in [-0.25, -0.2) is 0 Å². The SMILES string of the molecule is CCC[C@@H](Nc1c(N)cnc2ccccc12)C(C)(C)O. The maximum Gasteiger partial charge on any atom is 0.0791 e. The monoisotopic (exact) mass is 273 g/mol. The lowest BCUT2D eigenvalue weighted by Gasteiger charge is -2.31. The van der Waals surface area contributed by atoms with Crippen molar-refractivity contribution < 1.29 is 5.11 Å². The molecule has 1 heterocycles. The summed E-state index contributed by atoms with van der Waals surface area (Å²) < 4.78 is 0. The highest BCUT2D eigenvalue weighted by Gasteiger charge is 2.26. The quantitative estimate of drug-likeness (QED) is 0.782. The number of anilines is 2. The Balaban J connectivity index is 2.44. The molecule has 0 amide bonds. The number of nitrogens with zero attached hydrogens (tertiary/aromatic N) is 1. The molecule has 0 aliphatic rings. The van der Waals surface area contributed by atoms with Crippen LogP contribution in [0.2, 0.25) is 0 Å². The standard InChI is InChI=1S/C16H23N3O/c1-4-7-14(16(2,3)20)19-15-11-8-5-6-9-13(11)18-10-12(15)17/h5-6,8-10,14,20H,4,7,17H2,1-3H3,(H,18,19)/t14-/m1/s1. The molecule has 0 saturated carbocycles. The van der Waals surface area contributed by atoms with E-state index in [2.05, 4.69) is 17.2 Å². The minimum Gasteiger partial charge on any atom is -0.396 e. The summed E-state index contributed by atoms with van der Waals surface area (Å²) in [6.45, 7) is 5.74. The summed E-state index contributed by atoms with van der Waals surface area (Å²) in [6, 6.07) is 7.82. The number of hydrogen-bond donors (Lipinski definition) is 3. The summed E-state index contributed by atoms with van der Waals surface area (Å²) in [5.41, 5.74) is 7.62. The smallest absolute Gasteiger partial charge is 0.0791 e. The highest BCUT2D eigenvalue weighted by atomic mass is 16.3. The van der Waals surface area contributed by atoms with E-state index in [9.17, 15) is 5.11 Å². The summed E-state index contributed by atoms with van der Waals surface area (Å²) in [6.07, 6.45) is 3.53. The van der Waals surface area contributed by atoms with Gasteiger partial charge >= 0.3 is 0 Å². The van der Waals surface area contributed by atoms with Gasteiger partial charge in [0.15, 0.2) is 0 Å². The van der Waals surface area contributed by atoms with Crippen molar-refractivity contribution in [2.75, 3.05) is 11.1 Å². The van der Waals surface area contributed by atoms with E-state index in [1.807, 2.05) is 38.1 Å². The zero-order valence-electron chi connectivity index (χ0n) is 12.4. The van der Waals surface area contributed by atoms with Crippen LogP contribution >= 0.6 is 0 Å². The molecule has 20 heavy (non-hydrogen) atoms. The number of hydrogen-bond acceptors (Lipinski definition) is 4. The second kappa shape index (κ2) is 5.67. The van der Waals surface area contributed by atoms with Crippen LogP contribution in [0, 0.1) is 0 Å². The van der Waals surface area contributed by atoms with E-state index in [1.165, 1.54) is 0 Å². The minimum atomic E-state index is -0.813. The van der Waals surface area contributed by atoms with Gasteiger partial charge in [-0.15, -0.1) is 0 Å². The van der Waals surface area contributed by atoms with Crippen molar-refractivity contribution in [2.45, 2.75) is 45.3 Å². The molecule has 0 aliphatic heterocycles. The Bertz CT molecular complexity index is 590. The molecule has 0 fully saturated rings. The van der Waals surface area contributed by atoms with E-state index in [-0.39, 0.29) is 6.04 Å². The van der Waals surface area contributed by atoms with Gasteiger partial charge in [-0.05, 0) is 26.3 Å². The van der Waals surface area contributed by atoms with Crippen LogP contribution in [0.15, 0.2) is 30.5 Å². The third-order valence-electron chi connectivity index (χ3n) is 3.55. The summed E-state index contributed by atoms with van der Waals surface area (Å²) in [4.78, 5) is 4.33. The first kappa shape index (κ1) is 14.6. The van der Waals surface area contributed by atoms with Crippen LogP contribution in [0.4, 0.5) is 11.4 Å². The van der Waals surface area contributed by atoms with E-state index >= 15 is 0 Å². The lowest BCUT2D eigenvalue weighted by Crippen LogP contribution is -2.42. The number of para-hydroxylation sites is 1. The first-order valence-electron chi connectivity index (χ1n) is 7.05. The normalized spacial score (nSPS) is 13.4. The predicted molar refractivity (Wildman–Crippen MR) is 84.8 cm³/mol. The van der Waals surface area contributed by atoms with Gasteiger partial charge in [0.25, 0.3) is 0 Å². The number of rotatable bonds is 5. The Kier molecular flexibility index (Phi) is 4.14. The average molecular weight is 273 g/mol.